The van der Waals surface area contributed by atoms with Crippen LogP contribution in [-0.4, -0.2) is 16.3 Å². The molecular formula is C18H25N3. The van der Waals surface area contributed by atoms with Crippen molar-refractivity contribution in [3.8, 4) is 0 Å². The van der Waals surface area contributed by atoms with Gasteiger partial charge in [0, 0.05) is 17.8 Å². The van der Waals surface area contributed by atoms with E-state index in [-0.39, 0.29) is 0 Å². The molecule has 3 heteroatoms. The number of rotatable bonds is 5. The Labute approximate surface area is 127 Å². The summed E-state index contributed by atoms with van der Waals surface area (Å²) in [7, 11) is 0. The van der Waals surface area contributed by atoms with Crippen LogP contribution in [0.1, 0.15) is 47.0 Å². The maximum atomic E-state index is 4.73. The Hall–Kier alpha value is -1.61. The molecule has 0 bridgehead atoms. The van der Waals surface area contributed by atoms with Crippen LogP contribution in [0.15, 0.2) is 18.2 Å². The lowest BCUT2D eigenvalue weighted by Gasteiger charge is -2.08. The highest BCUT2D eigenvalue weighted by Crippen LogP contribution is 2.23. The summed E-state index contributed by atoms with van der Waals surface area (Å²) in [6.07, 6.45) is 3.81. The quantitative estimate of drug-likeness (QED) is 0.913. The van der Waals surface area contributed by atoms with Gasteiger partial charge in [-0.2, -0.15) is 5.10 Å². The minimum atomic E-state index is 0.881. The number of hydrogen-bond donors (Lipinski definition) is 1. The second kappa shape index (κ2) is 6.02. The van der Waals surface area contributed by atoms with Gasteiger partial charge in [0.15, 0.2) is 0 Å². The number of nitrogens with one attached hydrogen (secondary N) is 1. The van der Waals surface area contributed by atoms with Crippen molar-refractivity contribution in [1.29, 1.82) is 0 Å². The molecule has 1 aliphatic carbocycles. The van der Waals surface area contributed by atoms with Gasteiger partial charge in [-0.15, -0.1) is 0 Å². The molecule has 0 atom stereocenters. The predicted octanol–water partition coefficient (Wildman–Crippen LogP) is 3.15. The van der Waals surface area contributed by atoms with E-state index in [4.69, 9.17) is 5.10 Å². The number of benzene rings is 1. The van der Waals surface area contributed by atoms with E-state index >= 15 is 0 Å². The minimum Gasteiger partial charge on any atom is -0.313 e. The molecule has 0 saturated carbocycles. The monoisotopic (exact) mass is 283 g/mol. The average molecular weight is 283 g/mol. The fourth-order valence-corrected chi connectivity index (χ4v) is 3.29. The number of aryl methyl sites for hydroxylation is 3. The molecule has 0 amide bonds. The molecule has 1 aliphatic rings. The first-order valence-electron chi connectivity index (χ1n) is 8.03. The Kier molecular flexibility index (Phi) is 4.11. The van der Waals surface area contributed by atoms with Crippen molar-refractivity contribution < 1.29 is 0 Å². The molecule has 0 unspecified atom stereocenters. The fraction of sp³-hybridized carbons (Fsp3) is 0.500. The predicted molar refractivity (Wildman–Crippen MR) is 86.7 cm³/mol. The van der Waals surface area contributed by atoms with E-state index in [1.54, 1.807) is 11.1 Å². The van der Waals surface area contributed by atoms with Crippen molar-refractivity contribution in [3.05, 3.63) is 51.8 Å². The summed E-state index contributed by atoms with van der Waals surface area (Å²) >= 11 is 0. The average Bonchev–Trinajstić information content (AvgIpc) is 3.03. The molecule has 2 aromatic rings. The van der Waals surface area contributed by atoms with E-state index in [9.17, 15) is 0 Å². The van der Waals surface area contributed by atoms with Crippen molar-refractivity contribution in [1.82, 2.24) is 15.1 Å². The van der Waals surface area contributed by atoms with Crippen molar-refractivity contribution in [2.24, 2.45) is 0 Å². The highest BCUT2D eigenvalue weighted by molar-refractivity contribution is 5.35. The van der Waals surface area contributed by atoms with Gasteiger partial charge in [0.25, 0.3) is 0 Å². The standard InChI is InChI=1S/C18H25N3/c1-4-19-11-18-13(2)20-21(14(18)3)12-15-8-9-16-6-5-7-17(16)10-15/h8-10,19H,4-7,11-12H2,1-3H3. The lowest BCUT2D eigenvalue weighted by molar-refractivity contribution is 0.655. The highest BCUT2D eigenvalue weighted by atomic mass is 15.3. The summed E-state index contributed by atoms with van der Waals surface area (Å²) in [6.45, 7) is 9.22. The molecule has 3 rings (SSSR count). The molecule has 21 heavy (non-hydrogen) atoms. The Morgan fingerprint density at radius 1 is 1.19 bits per heavy atom. The van der Waals surface area contributed by atoms with Crippen LogP contribution in [0.25, 0.3) is 0 Å². The lowest BCUT2D eigenvalue weighted by Crippen LogP contribution is -2.13. The van der Waals surface area contributed by atoms with Crippen LogP contribution >= 0.6 is 0 Å². The second-order valence-electron chi connectivity index (χ2n) is 6.04. The second-order valence-corrected chi connectivity index (χ2v) is 6.04. The summed E-state index contributed by atoms with van der Waals surface area (Å²) in [5.41, 5.74) is 8.24. The van der Waals surface area contributed by atoms with Crippen LogP contribution in [0.3, 0.4) is 0 Å². The Balaban J connectivity index is 1.81. The fourth-order valence-electron chi connectivity index (χ4n) is 3.29. The first kappa shape index (κ1) is 14.3. The lowest BCUT2D eigenvalue weighted by atomic mass is 10.1. The smallest absolute Gasteiger partial charge is 0.0662 e. The van der Waals surface area contributed by atoms with Gasteiger partial charge in [0.05, 0.1) is 12.2 Å². The number of nitrogens with zero attached hydrogens (tertiary/aromatic N) is 2. The number of hydrogen-bond acceptors (Lipinski definition) is 2. The maximum absolute atomic E-state index is 4.73. The van der Waals surface area contributed by atoms with Crippen molar-refractivity contribution in [3.63, 3.8) is 0 Å². The molecular weight excluding hydrogens is 258 g/mol. The van der Waals surface area contributed by atoms with E-state index in [1.807, 2.05) is 0 Å². The third-order valence-electron chi connectivity index (χ3n) is 4.58. The zero-order chi connectivity index (χ0) is 14.8. The van der Waals surface area contributed by atoms with Crippen LogP contribution in [0.4, 0.5) is 0 Å². The van der Waals surface area contributed by atoms with Gasteiger partial charge in [-0.3, -0.25) is 4.68 Å². The maximum Gasteiger partial charge on any atom is 0.0662 e. The zero-order valence-corrected chi connectivity index (χ0v) is 13.4. The van der Waals surface area contributed by atoms with E-state index in [1.165, 1.54) is 36.1 Å². The summed E-state index contributed by atoms with van der Waals surface area (Å²) in [5.74, 6) is 0. The Morgan fingerprint density at radius 2 is 2.00 bits per heavy atom. The van der Waals surface area contributed by atoms with Crippen LogP contribution in [-0.2, 0) is 25.9 Å². The molecule has 0 aliphatic heterocycles. The Morgan fingerprint density at radius 3 is 2.81 bits per heavy atom. The topological polar surface area (TPSA) is 29.9 Å². The van der Waals surface area contributed by atoms with Gasteiger partial charge in [-0.25, -0.2) is 0 Å². The van der Waals surface area contributed by atoms with Crippen LogP contribution in [0, 0.1) is 13.8 Å². The minimum absolute atomic E-state index is 0.881. The van der Waals surface area contributed by atoms with Gasteiger partial charge in [-0.1, -0.05) is 25.1 Å². The number of fused-ring (bicyclic) bond motifs is 1. The Bertz CT molecular complexity index is 640. The molecule has 3 nitrogen and oxygen atoms in total. The third-order valence-corrected chi connectivity index (χ3v) is 4.58. The molecule has 1 heterocycles. The third kappa shape index (κ3) is 2.88. The number of aromatic nitrogens is 2. The molecule has 0 fully saturated rings. The van der Waals surface area contributed by atoms with Crippen molar-refractivity contribution in [2.45, 2.75) is 53.1 Å². The normalized spacial score (nSPS) is 13.7. The summed E-state index contributed by atoms with van der Waals surface area (Å²) in [5, 5.41) is 8.13. The SMILES string of the molecule is CCNCc1c(C)nn(Cc2ccc3c(c2)CCC3)c1C. The van der Waals surface area contributed by atoms with Gasteiger partial charge < -0.3 is 5.32 Å². The first-order chi connectivity index (χ1) is 10.2. The van der Waals surface area contributed by atoms with Crippen molar-refractivity contribution in [2.75, 3.05) is 6.54 Å². The van der Waals surface area contributed by atoms with Gasteiger partial charge in [-0.05, 0) is 56.3 Å². The molecule has 0 spiro atoms. The molecule has 0 saturated heterocycles. The highest BCUT2D eigenvalue weighted by Gasteiger charge is 2.13. The largest absolute Gasteiger partial charge is 0.313 e. The molecule has 1 aromatic carbocycles. The first-order valence-corrected chi connectivity index (χ1v) is 8.03. The van der Waals surface area contributed by atoms with Crippen LogP contribution in [0.5, 0.6) is 0 Å². The van der Waals surface area contributed by atoms with Gasteiger partial charge in [0.2, 0.25) is 0 Å². The molecule has 1 N–H and O–H groups in total. The van der Waals surface area contributed by atoms with Gasteiger partial charge >= 0.3 is 0 Å². The summed E-state index contributed by atoms with van der Waals surface area (Å²) in [4.78, 5) is 0. The van der Waals surface area contributed by atoms with Crippen LogP contribution in [0.2, 0.25) is 0 Å². The van der Waals surface area contributed by atoms with Gasteiger partial charge in [0.1, 0.15) is 0 Å². The van der Waals surface area contributed by atoms with Crippen LogP contribution < -0.4 is 5.32 Å². The van der Waals surface area contributed by atoms with E-state index < -0.39 is 0 Å². The van der Waals surface area contributed by atoms with E-state index in [0.717, 1.165) is 25.3 Å². The van der Waals surface area contributed by atoms with E-state index in [2.05, 4.69) is 49.0 Å². The summed E-state index contributed by atoms with van der Waals surface area (Å²) < 4.78 is 2.15. The zero-order valence-electron chi connectivity index (χ0n) is 13.4. The molecule has 112 valence electrons. The van der Waals surface area contributed by atoms with Crippen molar-refractivity contribution >= 4 is 0 Å². The summed E-state index contributed by atoms with van der Waals surface area (Å²) in [6, 6.07) is 6.95. The van der Waals surface area contributed by atoms with E-state index in [0.29, 0.717) is 0 Å². The molecule has 0 radical (unpaired) electrons. The molecule has 1 aromatic heterocycles.